The van der Waals surface area contributed by atoms with E-state index in [1.165, 1.54) is 0 Å². The minimum Gasteiger partial charge on any atom is -0.453 e. The minimum absolute atomic E-state index is 0.149. The molecule has 0 aliphatic heterocycles. The summed E-state index contributed by atoms with van der Waals surface area (Å²) in [4.78, 5) is 13.2. The van der Waals surface area contributed by atoms with Crippen molar-refractivity contribution in [2.75, 3.05) is 5.32 Å². The lowest BCUT2D eigenvalue weighted by molar-refractivity contribution is 0.101. The van der Waals surface area contributed by atoms with Crippen molar-refractivity contribution in [3.63, 3.8) is 0 Å². The Balaban J connectivity index is 1.75. The molecule has 0 amide bonds. The van der Waals surface area contributed by atoms with E-state index < -0.39 is 0 Å². The first-order valence-electron chi connectivity index (χ1n) is 8.87. The summed E-state index contributed by atoms with van der Waals surface area (Å²) in [6, 6.07) is 24.8. The number of carbonyl (C=O) groups excluding carboxylic acids is 1. The molecule has 0 bridgehead atoms. The Morgan fingerprint density at radius 3 is 2.46 bits per heavy atom. The van der Waals surface area contributed by atoms with Crippen molar-refractivity contribution in [2.24, 2.45) is 5.73 Å². The molecule has 3 aromatic carbocycles. The summed E-state index contributed by atoms with van der Waals surface area (Å²) in [7, 11) is 0. The molecule has 28 heavy (non-hydrogen) atoms. The maximum absolute atomic E-state index is 13.2. The van der Waals surface area contributed by atoms with Crippen molar-refractivity contribution < 1.29 is 9.21 Å². The molecular weight excluding hydrogens is 368 g/mol. The number of hydrogen-bond acceptors (Lipinski definition) is 3. The van der Waals surface area contributed by atoms with Crippen LogP contribution in [-0.2, 0) is 6.42 Å². The molecule has 4 rings (SSSR count). The molecule has 0 aliphatic carbocycles. The SMILES string of the molecule is NC(=S)Nc1ccc(C(=O)c2cc3ccccc3o2)c(Cc2ccccc2)c1. The number of benzene rings is 3. The van der Waals surface area contributed by atoms with E-state index in [1.54, 1.807) is 18.2 Å². The predicted molar refractivity (Wildman–Crippen MR) is 116 cm³/mol. The lowest BCUT2D eigenvalue weighted by atomic mass is 9.95. The van der Waals surface area contributed by atoms with E-state index in [9.17, 15) is 4.79 Å². The zero-order valence-electron chi connectivity index (χ0n) is 15.0. The lowest BCUT2D eigenvalue weighted by Gasteiger charge is -2.12. The topological polar surface area (TPSA) is 68.3 Å². The first-order chi connectivity index (χ1) is 13.6. The molecule has 0 fully saturated rings. The van der Waals surface area contributed by atoms with Gasteiger partial charge in [0.1, 0.15) is 5.58 Å². The van der Waals surface area contributed by atoms with Crippen LogP contribution in [0.3, 0.4) is 0 Å². The summed E-state index contributed by atoms with van der Waals surface area (Å²) < 4.78 is 5.78. The molecule has 1 heterocycles. The number of nitrogens with one attached hydrogen (secondary N) is 1. The standard InChI is InChI=1S/C23H18N2O2S/c24-23(28)25-18-10-11-19(17(13-18)12-15-6-2-1-3-7-15)22(26)21-14-16-8-4-5-9-20(16)27-21/h1-11,13-14H,12H2,(H3,24,25,28). The van der Waals surface area contributed by atoms with E-state index in [-0.39, 0.29) is 10.9 Å². The highest BCUT2D eigenvalue weighted by atomic mass is 32.1. The normalized spacial score (nSPS) is 10.7. The van der Waals surface area contributed by atoms with Gasteiger partial charge in [0.2, 0.25) is 5.78 Å². The molecule has 0 atom stereocenters. The van der Waals surface area contributed by atoms with Crippen LogP contribution in [0.4, 0.5) is 5.69 Å². The van der Waals surface area contributed by atoms with Crippen LogP contribution >= 0.6 is 12.2 Å². The van der Waals surface area contributed by atoms with Crippen LogP contribution in [0.25, 0.3) is 11.0 Å². The molecule has 0 aliphatic rings. The fraction of sp³-hybridized carbons (Fsp3) is 0.0435. The molecule has 4 aromatic rings. The number of carbonyl (C=O) groups is 1. The van der Waals surface area contributed by atoms with E-state index in [0.29, 0.717) is 23.3 Å². The first-order valence-corrected chi connectivity index (χ1v) is 9.27. The van der Waals surface area contributed by atoms with E-state index in [0.717, 1.165) is 22.2 Å². The number of thiocarbonyl (C=S) groups is 1. The highest BCUT2D eigenvalue weighted by molar-refractivity contribution is 7.80. The molecule has 0 saturated heterocycles. The average molecular weight is 386 g/mol. The van der Waals surface area contributed by atoms with Crippen molar-refractivity contribution in [1.29, 1.82) is 0 Å². The Labute approximate surface area is 168 Å². The van der Waals surface area contributed by atoms with Gasteiger partial charge in [-0.3, -0.25) is 4.79 Å². The molecule has 4 nitrogen and oxygen atoms in total. The van der Waals surface area contributed by atoms with Gasteiger partial charge in [0.25, 0.3) is 0 Å². The Bertz CT molecular complexity index is 1130. The molecule has 138 valence electrons. The van der Waals surface area contributed by atoms with Gasteiger partial charge in [-0.25, -0.2) is 0 Å². The Morgan fingerprint density at radius 2 is 1.71 bits per heavy atom. The van der Waals surface area contributed by atoms with Gasteiger partial charge < -0.3 is 15.5 Å². The number of para-hydroxylation sites is 1. The zero-order valence-corrected chi connectivity index (χ0v) is 15.8. The quantitative estimate of drug-likeness (QED) is 0.377. The highest BCUT2D eigenvalue weighted by Crippen LogP contribution is 2.25. The van der Waals surface area contributed by atoms with Gasteiger partial charge in [-0.15, -0.1) is 0 Å². The molecule has 5 heteroatoms. The monoisotopic (exact) mass is 386 g/mol. The van der Waals surface area contributed by atoms with Gasteiger partial charge in [0, 0.05) is 16.6 Å². The van der Waals surface area contributed by atoms with E-state index >= 15 is 0 Å². The van der Waals surface area contributed by atoms with Gasteiger partial charge >= 0.3 is 0 Å². The van der Waals surface area contributed by atoms with Gasteiger partial charge in [-0.2, -0.15) is 0 Å². The van der Waals surface area contributed by atoms with Gasteiger partial charge in [0.15, 0.2) is 10.9 Å². The van der Waals surface area contributed by atoms with E-state index in [2.05, 4.69) is 5.32 Å². The average Bonchev–Trinajstić information content (AvgIpc) is 3.12. The number of fused-ring (bicyclic) bond motifs is 1. The molecule has 0 unspecified atom stereocenters. The summed E-state index contributed by atoms with van der Waals surface area (Å²) in [5, 5.41) is 4.02. The molecule has 3 N–H and O–H groups in total. The Hall–Kier alpha value is -3.44. The second-order valence-electron chi connectivity index (χ2n) is 6.50. The van der Waals surface area contributed by atoms with E-state index in [4.69, 9.17) is 22.4 Å². The van der Waals surface area contributed by atoms with Gasteiger partial charge in [-0.1, -0.05) is 48.5 Å². The number of rotatable bonds is 5. The third-order valence-electron chi connectivity index (χ3n) is 4.50. The summed E-state index contributed by atoms with van der Waals surface area (Å²) >= 11 is 4.93. The van der Waals surface area contributed by atoms with Crippen LogP contribution in [0, 0.1) is 0 Å². The Kier molecular flexibility index (Phi) is 4.91. The number of ketones is 1. The van der Waals surface area contributed by atoms with Gasteiger partial charge in [-0.05, 0) is 60.1 Å². The fourth-order valence-corrected chi connectivity index (χ4v) is 3.34. The second-order valence-corrected chi connectivity index (χ2v) is 6.94. The van der Waals surface area contributed by atoms with Crippen LogP contribution in [0.5, 0.6) is 0 Å². The molecule has 0 radical (unpaired) electrons. The van der Waals surface area contributed by atoms with Crippen molar-refractivity contribution >= 4 is 39.8 Å². The second kappa shape index (κ2) is 7.66. The smallest absolute Gasteiger partial charge is 0.228 e. The van der Waals surface area contributed by atoms with Crippen LogP contribution in [-0.4, -0.2) is 10.9 Å². The maximum Gasteiger partial charge on any atom is 0.228 e. The first kappa shape index (κ1) is 17.9. The van der Waals surface area contributed by atoms with Gasteiger partial charge in [0.05, 0.1) is 0 Å². The fourth-order valence-electron chi connectivity index (χ4n) is 3.22. The minimum atomic E-state index is -0.149. The number of hydrogen-bond donors (Lipinski definition) is 2. The summed E-state index contributed by atoms with van der Waals surface area (Å²) in [5.74, 6) is 0.176. The van der Waals surface area contributed by atoms with Crippen LogP contribution < -0.4 is 11.1 Å². The molecule has 0 saturated carbocycles. The highest BCUT2D eigenvalue weighted by Gasteiger charge is 2.18. The summed E-state index contributed by atoms with van der Waals surface area (Å²) in [5.41, 5.74) is 9.62. The largest absolute Gasteiger partial charge is 0.453 e. The Morgan fingerprint density at radius 1 is 0.964 bits per heavy atom. The molecule has 1 aromatic heterocycles. The number of nitrogens with two attached hydrogens (primary N) is 1. The zero-order chi connectivity index (χ0) is 19.5. The number of anilines is 1. The van der Waals surface area contributed by atoms with Crippen LogP contribution in [0.1, 0.15) is 27.2 Å². The van der Waals surface area contributed by atoms with Crippen molar-refractivity contribution in [1.82, 2.24) is 0 Å². The third kappa shape index (κ3) is 3.80. The van der Waals surface area contributed by atoms with Crippen molar-refractivity contribution in [3.8, 4) is 0 Å². The maximum atomic E-state index is 13.2. The summed E-state index contributed by atoms with van der Waals surface area (Å²) in [6.45, 7) is 0. The van der Waals surface area contributed by atoms with Crippen LogP contribution in [0.2, 0.25) is 0 Å². The third-order valence-corrected chi connectivity index (χ3v) is 4.61. The van der Waals surface area contributed by atoms with Crippen molar-refractivity contribution in [3.05, 3.63) is 101 Å². The predicted octanol–water partition coefficient (Wildman–Crippen LogP) is 4.91. The summed E-state index contributed by atoms with van der Waals surface area (Å²) in [6.07, 6.45) is 0.606. The number of furan rings is 1. The lowest BCUT2D eigenvalue weighted by Crippen LogP contribution is -2.19. The molecule has 0 spiro atoms. The van der Waals surface area contributed by atoms with Crippen molar-refractivity contribution in [2.45, 2.75) is 6.42 Å². The van der Waals surface area contributed by atoms with E-state index in [1.807, 2.05) is 60.7 Å². The molecular formula is C23H18N2O2S. The van der Waals surface area contributed by atoms with Crippen LogP contribution in [0.15, 0.2) is 83.3 Å².